The Morgan fingerprint density at radius 1 is 1.50 bits per heavy atom. The molecule has 0 saturated carbocycles. The van der Waals surface area contributed by atoms with Gasteiger partial charge in [-0.15, -0.1) is 0 Å². The molecule has 1 radical (unpaired) electrons. The summed E-state index contributed by atoms with van der Waals surface area (Å²) in [5, 5.41) is 9.53. The lowest BCUT2D eigenvalue weighted by Crippen LogP contribution is -1.65. The predicted octanol–water partition coefficient (Wildman–Crippen LogP) is 0.355. The average Bonchev–Trinajstić information content (AvgIpc) is 1.75. The molecule has 0 aromatic rings. The second kappa shape index (κ2) is 0.353. The fourth-order valence-electron chi connectivity index (χ4n) is 0.0454. The molecule has 0 saturated heterocycles. The summed E-state index contributed by atoms with van der Waals surface area (Å²) in [5.74, 6) is 0. The molecule has 0 amide bonds. The first-order valence-corrected chi connectivity index (χ1v) is 1.24. The predicted molar refractivity (Wildman–Crippen MR) is 13.6 cm³/mol. The van der Waals surface area contributed by atoms with Gasteiger partial charge in [0.25, 0.3) is 0 Å². The van der Waals surface area contributed by atoms with E-state index in [1.165, 1.54) is 0 Å². The van der Waals surface area contributed by atoms with Crippen LogP contribution in [0, 0.1) is 0 Å². The zero-order chi connectivity index (χ0) is 2.99. The molecule has 0 atom stereocenters. The summed E-state index contributed by atoms with van der Waals surface area (Å²) in [4.78, 5) is 0. The Balaban J connectivity index is 2.32. The lowest BCUT2D eigenvalue weighted by atomic mass is 10.8. The average molecular weight is 55.1 g/mol. The Labute approximate surface area is 24.6 Å². The van der Waals surface area contributed by atoms with Gasteiger partial charge in [-0.1, -0.05) is 0 Å². The molecule has 4 heavy (non-hydrogen) atoms. The SMILES string of the molecule is [O]C1C=C1. The van der Waals surface area contributed by atoms with Crippen molar-refractivity contribution in [1.29, 1.82) is 0 Å². The molecule has 0 heterocycles. The van der Waals surface area contributed by atoms with Gasteiger partial charge in [-0.05, 0) is 12.2 Å². The fraction of sp³-hybridized carbons (Fsp3) is 0.333. The van der Waals surface area contributed by atoms with Crippen LogP contribution >= 0.6 is 0 Å². The van der Waals surface area contributed by atoms with Gasteiger partial charge in [0.1, 0.15) is 6.10 Å². The summed E-state index contributed by atoms with van der Waals surface area (Å²) in [6.07, 6.45) is 2.81. The van der Waals surface area contributed by atoms with Gasteiger partial charge in [0, 0.05) is 0 Å². The van der Waals surface area contributed by atoms with Gasteiger partial charge in [-0.25, -0.2) is 5.11 Å². The number of rotatable bonds is 0. The van der Waals surface area contributed by atoms with Crippen LogP contribution in [0.25, 0.3) is 0 Å². The van der Waals surface area contributed by atoms with Crippen molar-refractivity contribution < 1.29 is 5.11 Å². The molecule has 0 aromatic heterocycles. The van der Waals surface area contributed by atoms with Crippen molar-refractivity contribution in [3.63, 3.8) is 0 Å². The molecular weight excluding hydrogens is 52.0 g/mol. The summed E-state index contributed by atoms with van der Waals surface area (Å²) in [6.45, 7) is 0. The van der Waals surface area contributed by atoms with Crippen LogP contribution in [0.2, 0.25) is 0 Å². The largest absolute Gasteiger partial charge is 0.224 e. The number of hydrogen-bond donors (Lipinski definition) is 0. The highest BCUT2D eigenvalue weighted by molar-refractivity contribution is 5.14. The van der Waals surface area contributed by atoms with Crippen molar-refractivity contribution in [2.24, 2.45) is 0 Å². The first-order chi connectivity index (χ1) is 1.89. The van der Waals surface area contributed by atoms with Crippen LogP contribution in [0.3, 0.4) is 0 Å². The number of hydrogen-bond acceptors (Lipinski definition) is 0. The van der Waals surface area contributed by atoms with Crippen LogP contribution in [0.1, 0.15) is 0 Å². The molecule has 0 aromatic carbocycles. The molecule has 0 unspecified atom stereocenters. The maximum atomic E-state index is 9.53. The summed E-state index contributed by atoms with van der Waals surface area (Å²) in [7, 11) is 0. The van der Waals surface area contributed by atoms with Gasteiger partial charge in [-0.2, -0.15) is 0 Å². The van der Waals surface area contributed by atoms with Crippen molar-refractivity contribution in [1.82, 2.24) is 0 Å². The Morgan fingerprint density at radius 2 is 1.75 bits per heavy atom. The molecule has 0 bridgehead atoms. The third-order valence-electron chi connectivity index (χ3n) is 0.350. The molecule has 1 heteroatoms. The van der Waals surface area contributed by atoms with Crippen LogP contribution in [0.4, 0.5) is 0 Å². The summed E-state index contributed by atoms with van der Waals surface area (Å²) >= 11 is 0. The van der Waals surface area contributed by atoms with Crippen molar-refractivity contribution in [3.8, 4) is 0 Å². The second-order valence-electron chi connectivity index (χ2n) is 0.850. The molecule has 0 N–H and O–H groups in total. The summed E-state index contributed by atoms with van der Waals surface area (Å²) in [5.41, 5.74) is 0. The van der Waals surface area contributed by atoms with Gasteiger partial charge >= 0.3 is 0 Å². The van der Waals surface area contributed by atoms with Crippen molar-refractivity contribution in [3.05, 3.63) is 12.2 Å². The van der Waals surface area contributed by atoms with E-state index < -0.39 is 6.10 Å². The van der Waals surface area contributed by atoms with Crippen LogP contribution in [-0.2, 0) is 5.11 Å². The van der Waals surface area contributed by atoms with Crippen LogP contribution in [0.5, 0.6) is 0 Å². The molecule has 1 aliphatic carbocycles. The Bertz CT molecular complexity index is 41.2. The Kier molecular flexibility index (Phi) is 0.174. The molecule has 21 valence electrons. The highest BCUT2D eigenvalue weighted by Gasteiger charge is 2.03. The molecule has 0 spiro atoms. The first-order valence-electron chi connectivity index (χ1n) is 1.24. The maximum absolute atomic E-state index is 9.53. The highest BCUT2D eigenvalue weighted by atomic mass is 16.3. The van der Waals surface area contributed by atoms with E-state index >= 15 is 0 Å². The van der Waals surface area contributed by atoms with Crippen LogP contribution in [0.15, 0.2) is 12.2 Å². The van der Waals surface area contributed by atoms with E-state index in [1.807, 2.05) is 0 Å². The van der Waals surface area contributed by atoms with Gasteiger partial charge in [0.15, 0.2) is 0 Å². The molecule has 1 aliphatic rings. The quantitative estimate of drug-likeness (QED) is 0.356. The molecule has 1 nitrogen and oxygen atoms in total. The van der Waals surface area contributed by atoms with Gasteiger partial charge in [-0.3, -0.25) is 0 Å². The van der Waals surface area contributed by atoms with Gasteiger partial charge in [0.2, 0.25) is 0 Å². The molecule has 0 aliphatic heterocycles. The van der Waals surface area contributed by atoms with E-state index in [-0.39, 0.29) is 0 Å². The van der Waals surface area contributed by atoms with Crippen molar-refractivity contribution in [2.75, 3.05) is 0 Å². The van der Waals surface area contributed by atoms with Crippen LogP contribution in [-0.4, -0.2) is 6.10 Å². The standard InChI is InChI=1S/C3H3O/c4-3-1-2-3/h1-3H. The first kappa shape index (κ1) is 1.97. The fourth-order valence-corrected chi connectivity index (χ4v) is 0.0454. The normalized spacial score (nSPS) is 22.2. The zero-order valence-electron chi connectivity index (χ0n) is 2.14. The minimum Gasteiger partial charge on any atom is -0.224 e. The van der Waals surface area contributed by atoms with E-state index in [0.29, 0.717) is 0 Å². The molecule has 1 rings (SSSR count). The summed E-state index contributed by atoms with van der Waals surface area (Å²) < 4.78 is 0. The minimum atomic E-state index is -0.417. The Morgan fingerprint density at radius 3 is 1.75 bits per heavy atom. The van der Waals surface area contributed by atoms with Gasteiger partial charge < -0.3 is 0 Å². The monoisotopic (exact) mass is 55.0 g/mol. The van der Waals surface area contributed by atoms with Crippen LogP contribution < -0.4 is 0 Å². The highest BCUT2D eigenvalue weighted by Crippen LogP contribution is 2.01. The smallest absolute Gasteiger partial charge is 0.129 e. The minimum absolute atomic E-state index is 0.417. The van der Waals surface area contributed by atoms with Crippen molar-refractivity contribution in [2.45, 2.75) is 6.10 Å². The zero-order valence-corrected chi connectivity index (χ0v) is 2.14. The van der Waals surface area contributed by atoms with E-state index in [1.54, 1.807) is 12.2 Å². The van der Waals surface area contributed by atoms with E-state index in [2.05, 4.69) is 0 Å². The third-order valence-corrected chi connectivity index (χ3v) is 0.350. The molecular formula is C3H3O. The van der Waals surface area contributed by atoms with E-state index in [9.17, 15) is 5.11 Å². The Hall–Kier alpha value is -0.300. The third kappa shape index (κ3) is 0.114. The summed E-state index contributed by atoms with van der Waals surface area (Å²) in [6, 6.07) is 0. The van der Waals surface area contributed by atoms with Crippen molar-refractivity contribution >= 4 is 0 Å². The molecule has 0 fully saturated rings. The van der Waals surface area contributed by atoms with E-state index in [4.69, 9.17) is 0 Å². The van der Waals surface area contributed by atoms with Gasteiger partial charge in [0.05, 0.1) is 0 Å². The maximum Gasteiger partial charge on any atom is 0.129 e. The lowest BCUT2D eigenvalue weighted by Gasteiger charge is -1.54. The topological polar surface area (TPSA) is 19.9 Å². The van der Waals surface area contributed by atoms with E-state index in [0.717, 1.165) is 0 Å². The second-order valence-corrected chi connectivity index (χ2v) is 0.850. The lowest BCUT2D eigenvalue weighted by molar-refractivity contribution is 0.196.